The third-order valence-electron chi connectivity index (χ3n) is 4.43. The van der Waals surface area contributed by atoms with Crippen LogP contribution < -0.4 is 4.74 Å². The van der Waals surface area contributed by atoms with Gasteiger partial charge in [0.05, 0.1) is 6.61 Å². The SMILES string of the molecule is CCC[C@H]1CC[C@H](CCCOc2ccccc2)CC1. The monoisotopic (exact) mass is 260 g/mol. The normalized spacial score (nSPS) is 23.2. The molecule has 1 heteroatoms. The number of rotatable bonds is 7. The third-order valence-corrected chi connectivity index (χ3v) is 4.43. The van der Waals surface area contributed by atoms with E-state index in [2.05, 4.69) is 6.92 Å². The Balaban J connectivity index is 1.55. The summed E-state index contributed by atoms with van der Waals surface area (Å²) in [6, 6.07) is 10.2. The molecule has 0 saturated heterocycles. The molecular weight excluding hydrogens is 232 g/mol. The van der Waals surface area contributed by atoms with Crippen LogP contribution in [-0.4, -0.2) is 6.61 Å². The van der Waals surface area contributed by atoms with Crippen molar-refractivity contribution in [2.45, 2.75) is 58.3 Å². The Hall–Kier alpha value is -0.980. The number of hydrogen-bond donors (Lipinski definition) is 0. The van der Waals surface area contributed by atoms with Crippen LogP contribution in [0.4, 0.5) is 0 Å². The molecule has 0 aromatic heterocycles. The quantitative estimate of drug-likeness (QED) is 0.592. The van der Waals surface area contributed by atoms with Crippen LogP contribution >= 0.6 is 0 Å². The Morgan fingerprint density at radius 3 is 2.21 bits per heavy atom. The van der Waals surface area contributed by atoms with E-state index in [-0.39, 0.29) is 0 Å². The van der Waals surface area contributed by atoms with Gasteiger partial charge in [0, 0.05) is 0 Å². The zero-order valence-electron chi connectivity index (χ0n) is 12.3. The highest BCUT2D eigenvalue weighted by atomic mass is 16.5. The van der Waals surface area contributed by atoms with E-state index in [1.54, 1.807) is 0 Å². The van der Waals surface area contributed by atoms with Gasteiger partial charge in [0.25, 0.3) is 0 Å². The largest absolute Gasteiger partial charge is 0.494 e. The molecule has 1 fully saturated rings. The van der Waals surface area contributed by atoms with E-state index < -0.39 is 0 Å². The molecule has 0 N–H and O–H groups in total. The molecule has 2 rings (SSSR count). The van der Waals surface area contributed by atoms with Crippen molar-refractivity contribution in [2.75, 3.05) is 6.61 Å². The Morgan fingerprint density at radius 2 is 1.58 bits per heavy atom. The van der Waals surface area contributed by atoms with Gasteiger partial charge in [-0.05, 0) is 36.8 Å². The molecule has 1 nitrogen and oxygen atoms in total. The molecule has 19 heavy (non-hydrogen) atoms. The minimum Gasteiger partial charge on any atom is -0.494 e. The van der Waals surface area contributed by atoms with Crippen molar-refractivity contribution in [3.63, 3.8) is 0 Å². The molecule has 1 aromatic carbocycles. The van der Waals surface area contributed by atoms with Gasteiger partial charge in [0.2, 0.25) is 0 Å². The molecule has 0 amide bonds. The summed E-state index contributed by atoms with van der Waals surface area (Å²) in [6.45, 7) is 3.19. The topological polar surface area (TPSA) is 9.23 Å². The second kappa shape index (κ2) is 8.24. The van der Waals surface area contributed by atoms with Gasteiger partial charge in [-0.25, -0.2) is 0 Å². The van der Waals surface area contributed by atoms with Gasteiger partial charge < -0.3 is 4.74 Å². The Kier molecular flexibility index (Phi) is 6.26. The minimum atomic E-state index is 0.874. The lowest BCUT2D eigenvalue weighted by atomic mass is 9.78. The molecule has 0 bridgehead atoms. The van der Waals surface area contributed by atoms with Crippen molar-refractivity contribution in [3.05, 3.63) is 30.3 Å². The molecule has 1 saturated carbocycles. The summed E-state index contributed by atoms with van der Waals surface area (Å²) in [7, 11) is 0. The fraction of sp³-hybridized carbons (Fsp3) is 0.667. The minimum absolute atomic E-state index is 0.874. The molecule has 1 aliphatic rings. The average molecular weight is 260 g/mol. The first-order chi connectivity index (χ1) is 9.38. The number of para-hydroxylation sites is 1. The summed E-state index contributed by atoms with van der Waals surface area (Å²) in [4.78, 5) is 0. The van der Waals surface area contributed by atoms with Crippen molar-refractivity contribution >= 4 is 0 Å². The molecular formula is C18H28O. The molecule has 1 aromatic rings. The highest BCUT2D eigenvalue weighted by Crippen LogP contribution is 2.33. The van der Waals surface area contributed by atoms with Crippen LogP contribution in [-0.2, 0) is 0 Å². The zero-order valence-corrected chi connectivity index (χ0v) is 12.3. The smallest absolute Gasteiger partial charge is 0.119 e. The highest BCUT2D eigenvalue weighted by molar-refractivity contribution is 5.20. The second-order valence-electron chi connectivity index (χ2n) is 5.98. The molecule has 106 valence electrons. The summed E-state index contributed by atoms with van der Waals surface area (Å²) in [5, 5.41) is 0. The fourth-order valence-electron chi connectivity index (χ4n) is 3.30. The maximum absolute atomic E-state index is 5.76. The summed E-state index contributed by atoms with van der Waals surface area (Å²) in [5.74, 6) is 3.00. The maximum atomic E-state index is 5.76. The van der Waals surface area contributed by atoms with Gasteiger partial charge in [-0.15, -0.1) is 0 Å². The average Bonchev–Trinajstić information content (AvgIpc) is 2.47. The highest BCUT2D eigenvalue weighted by Gasteiger charge is 2.19. The van der Waals surface area contributed by atoms with Crippen LogP contribution in [0.2, 0.25) is 0 Å². The summed E-state index contributed by atoms with van der Waals surface area (Å²) < 4.78 is 5.76. The van der Waals surface area contributed by atoms with Crippen molar-refractivity contribution in [1.82, 2.24) is 0 Å². The van der Waals surface area contributed by atoms with Gasteiger partial charge in [-0.3, -0.25) is 0 Å². The fourth-order valence-corrected chi connectivity index (χ4v) is 3.30. The second-order valence-corrected chi connectivity index (χ2v) is 5.98. The molecule has 0 heterocycles. The molecule has 0 aliphatic heterocycles. The lowest BCUT2D eigenvalue weighted by molar-refractivity contribution is 0.230. The van der Waals surface area contributed by atoms with Crippen LogP contribution in [0.1, 0.15) is 58.3 Å². The van der Waals surface area contributed by atoms with E-state index in [4.69, 9.17) is 4.74 Å². The summed E-state index contributed by atoms with van der Waals surface area (Å²) in [5.41, 5.74) is 0. The summed E-state index contributed by atoms with van der Waals surface area (Å²) in [6.07, 6.45) is 11.2. The van der Waals surface area contributed by atoms with E-state index in [0.717, 1.165) is 24.2 Å². The van der Waals surface area contributed by atoms with Crippen LogP contribution in [0, 0.1) is 11.8 Å². The van der Waals surface area contributed by atoms with Gasteiger partial charge in [0.1, 0.15) is 5.75 Å². The molecule has 0 atom stereocenters. The van der Waals surface area contributed by atoms with Crippen LogP contribution in [0.25, 0.3) is 0 Å². The van der Waals surface area contributed by atoms with E-state index >= 15 is 0 Å². The summed E-state index contributed by atoms with van der Waals surface area (Å²) >= 11 is 0. The number of hydrogen-bond acceptors (Lipinski definition) is 1. The standard InChI is InChI=1S/C18H28O/c1-2-7-16-11-13-17(14-12-16)8-6-15-19-18-9-4-3-5-10-18/h3-5,9-10,16-17H,2,6-8,11-15H2,1H3/t16-,17-. The van der Waals surface area contributed by atoms with Crippen molar-refractivity contribution < 1.29 is 4.74 Å². The molecule has 0 radical (unpaired) electrons. The molecule has 0 unspecified atom stereocenters. The predicted octanol–water partition coefficient (Wildman–Crippen LogP) is 5.45. The Bertz CT molecular complexity index is 325. The number of benzene rings is 1. The Labute approximate surface area is 118 Å². The van der Waals surface area contributed by atoms with Crippen molar-refractivity contribution in [2.24, 2.45) is 11.8 Å². The lowest BCUT2D eigenvalue weighted by Gasteiger charge is -2.28. The predicted molar refractivity (Wildman–Crippen MR) is 81.5 cm³/mol. The van der Waals surface area contributed by atoms with Crippen molar-refractivity contribution in [1.29, 1.82) is 0 Å². The first kappa shape index (κ1) is 14.4. The van der Waals surface area contributed by atoms with E-state index in [1.165, 1.54) is 51.4 Å². The van der Waals surface area contributed by atoms with Crippen LogP contribution in [0.15, 0.2) is 30.3 Å². The molecule has 0 spiro atoms. The van der Waals surface area contributed by atoms with E-state index in [1.807, 2.05) is 30.3 Å². The van der Waals surface area contributed by atoms with Crippen LogP contribution in [0.3, 0.4) is 0 Å². The zero-order chi connectivity index (χ0) is 13.3. The van der Waals surface area contributed by atoms with Gasteiger partial charge in [-0.2, -0.15) is 0 Å². The van der Waals surface area contributed by atoms with E-state index in [9.17, 15) is 0 Å². The maximum Gasteiger partial charge on any atom is 0.119 e. The first-order valence-corrected chi connectivity index (χ1v) is 8.06. The van der Waals surface area contributed by atoms with Crippen LogP contribution in [0.5, 0.6) is 5.75 Å². The van der Waals surface area contributed by atoms with Gasteiger partial charge in [0.15, 0.2) is 0 Å². The first-order valence-electron chi connectivity index (χ1n) is 8.06. The Morgan fingerprint density at radius 1 is 0.947 bits per heavy atom. The van der Waals surface area contributed by atoms with E-state index in [0.29, 0.717) is 0 Å². The van der Waals surface area contributed by atoms with Crippen molar-refractivity contribution in [3.8, 4) is 5.75 Å². The van der Waals surface area contributed by atoms with Gasteiger partial charge in [-0.1, -0.05) is 63.6 Å². The van der Waals surface area contributed by atoms with Gasteiger partial charge >= 0.3 is 0 Å². The lowest BCUT2D eigenvalue weighted by Crippen LogP contribution is -2.15. The number of ether oxygens (including phenoxy) is 1. The third kappa shape index (κ3) is 5.26. The molecule has 1 aliphatic carbocycles.